The van der Waals surface area contributed by atoms with Crippen LogP contribution in [0, 0.1) is 13.8 Å². The molecule has 0 saturated carbocycles. The van der Waals surface area contributed by atoms with Crippen LogP contribution < -0.4 is 11.3 Å². The molecule has 1 heterocycles. The fourth-order valence-corrected chi connectivity index (χ4v) is 2.19. The molecule has 1 amide bonds. The van der Waals surface area contributed by atoms with Crippen LogP contribution >= 0.6 is 0 Å². The first-order chi connectivity index (χ1) is 11.3. The number of primary amides is 1. The summed E-state index contributed by atoms with van der Waals surface area (Å²) in [5, 5.41) is 4.15. The normalized spacial score (nSPS) is 10.5. The van der Waals surface area contributed by atoms with Crippen LogP contribution in [0.15, 0.2) is 29.1 Å². The maximum Gasteiger partial charge on any atom is 0.343 e. The quantitative estimate of drug-likeness (QED) is 0.830. The molecule has 2 N–H and O–H groups in total. The fourth-order valence-electron chi connectivity index (χ4n) is 2.19. The Morgan fingerprint density at radius 1 is 1.21 bits per heavy atom. The molecule has 2 aromatic rings. The van der Waals surface area contributed by atoms with Gasteiger partial charge in [-0.15, -0.1) is 0 Å². The summed E-state index contributed by atoms with van der Waals surface area (Å²) in [5.41, 5.74) is 7.53. The highest BCUT2D eigenvalue weighted by atomic mass is 16.5. The Bertz CT molecular complexity index is 855. The van der Waals surface area contributed by atoms with Crippen molar-refractivity contribution in [3.8, 4) is 11.3 Å². The molecule has 7 nitrogen and oxygen atoms in total. The summed E-state index contributed by atoms with van der Waals surface area (Å²) in [4.78, 5) is 35.5. The lowest BCUT2D eigenvalue weighted by atomic mass is 10.0. The van der Waals surface area contributed by atoms with E-state index in [-0.39, 0.29) is 12.2 Å². The van der Waals surface area contributed by atoms with E-state index >= 15 is 0 Å². The molecule has 0 unspecified atom stereocenters. The number of nitrogens with two attached hydrogens (primary N) is 1. The Morgan fingerprint density at radius 3 is 2.50 bits per heavy atom. The van der Waals surface area contributed by atoms with Gasteiger partial charge in [0.25, 0.3) is 5.56 Å². The smallest absolute Gasteiger partial charge is 0.343 e. The number of esters is 1. The lowest BCUT2D eigenvalue weighted by Crippen LogP contribution is -2.34. The van der Waals surface area contributed by atoms with Gasteiger partial charge in [-0.05, 0) is 44.0 Å². The number of aryl methyl sites for hydroxylation is 2. The molecule has 0 aliphatic rings. The van der Waals surface area contributed by atoms with Gasteiger partial charge < -0.3 is 10.5 Å². The monoisotopic (exact) mass is 329 g/mol. The van der Waals surface area contributed by atoms with E-state index in [0.29, 0.717) is 5.69 Å². The summed E-state index contributed by atoms with van der Waals surface area (Å²) >= 11 is 0. The van der Waals surface area contributed by atoms with Crippen LogP contribution in [-0.2, 0) is 16.1 Å². The number of hydrogen-bond acceptors (Lipinski definition) is 5. The number of hydrogen-bond donors (Lipinski definition) is 1. The van der Waals surface area contributed by atoms with Gasteiger partial charge in [-0.3, -0.25) is 9.59 Å². The zero-order valence-corrected chi connectivity index (χ0v) is 13.8. The van der Waals surface area contributed by atoms with Crippen LogP contribution in [0.5, 0.6) is 0 Å². The minimum atomic E-state index is -0.756. The average Bonchev–Trinajstić information content (AvgIpc) is 2.51. The van der Waals surface area contributed by atoms with E-state index in [1.165, 1.54) is 6.07 Å². The molecule has 0 bridgehead atoms. The number of nitrogens with zero attached hydrogens (tertiary/aromatic N) is 2. The summed E-state index contributed by atoms with van der Waals surface area (Å²) in [7, 11) is 0. The lowest BCUT2D eigenvalue weighted by Gasteiger charge is -2.10. The Labute approximate surface area is 139 Å². The summed E-state index contributed by atoms with van der Waals surface area (Å²) in [6.45, 7) is 5.29. The second kappa shape index (κ2) is 7.08. The molecular formula is C17H19N3O4. The van der Waals surface area contributed by atoms with Crippen molar-refractivity contribution in [2.45, 2.75) is 27.3 Å². The van der Waals surface area contributed by atoms with Gasteiger partial charge in [0.05, 0.1) is 12.3 Å². The van der Waals surface area contributed by atoms with Crippen LogP contribution in [0.25, 0.3) is 11.3 Å². The van der Waals surface area contributed by atoms with Crippen LogP contribution in [0.2, 0.25) is 0 Å². The third-order valence-corrected chi connectivity index (χ3v) is 3.58. The zero-order chi connectivity index (χ0) is 17.9. The van der Waals surface area contributed by atoms with Crippen LogP contribution in [0.3, 0.4) is 0 Å². The molecule has 0 aliphatic carbocycles. The zero-order valence-electron chi connectivity index (χ0n) is 13.8. The summed E-state index contributed by atoms with van der Waals surface area (Å²) < 4.78 is 5.79. The third-order valence-electron chi connectivity index (χ3n) is 3.58. The molecule has 126 valence electrons. The average molecular weight is 329 g/mol. The van der Waals surface area contributed by atoms with Crippen LogP contribution in [-0.4, -0.2) is 28.3 Å². The van der Waals surface area contributed by atoms with Crippen molar-refractivity contribution in [3.05, 3.63) is 51.3 Å². The maximum atomic E-state index is 12.3. The molecule has 0 saturated heterocycles. The topological polar surface area (TPSA) is 104 Å². The number of amides is 1. The van der Waals surface area contributed by atoms with Crippen molar-refractivity contribution in [1.29, 1.82) is 0 Å². The molecular weight excluding hydrogens is 310 g/mol. The Kier molecular flexibility index (Phi) is 5.13. The summed E-state index contributed by atoms with van der Waals surface area (Å²) in [6, 6.07) is 7.02. The van der Waals surface area contributed by atoms with Gasteiger partial charge in [0, 0.05) is 5.56 Å². The van der Waals surface area contributed by atoms with E-state index < -0.39 is 24.0 Å². The maximum absolute atomic E-state index is 12.3. The third kappa shape index (κ3) is 3.68. The predicted octanol–water partition coefficient (Wildman–Crippen LogP) is 1.19. The highest BCUT2D eigenvalue weighted by Gasteiger charge is 2.18. The van der Waals surface area contributed by atoms with E-state index in [0.717, 1.165) is 21.4 Å². The molecule has 0 radical (unpaired) electrons. The predicted molar refractivity (Wildman–Crippen MR) is 88.6 cm³/mol. The van der Waals surface area contributed by atoms with Gasteiger partial charge in [-0.2, -0.15) is 5.10 Å². The summed E-state index contributed by atoms with van der Waals surface area (Å²) in [5.74, 6) is -1.48. The lowest BCUT2D eigenvalue weighted by molar-refractivity contribution is -0.118. The van der Waals surface area contributed by atoms with E-state index in [2.05, 4.69) is 5.10 Å². The van der Waals surface area contributed by atoms with Crippen molar-refractivity contribution in [3.63, 3.8) is 0 Å². The molecule has 2 rings (SSSR count). The first kappa shape index (κ1) is 17.4. The first-order valence-electron chi connectivity index (χ1n) is 7.48. The standard InChI is InChI=1S/C17H19N3O4/c1-4-24-17(23)13-8-14(12-6-5-10(2)11(3)7-12)19-20(16(13)22)9-15(18)21/h5-8H,4,9H2,1-3H3,(H2,18,21). The van der Waals surface area contributed by atoms with Crippen molar-refractivity contribution < 1.29 is 14.3 Å². The Hall–Kier alpha value is -2.96. The van der Waals surface area contributed by atoms with Gasteiger partial charge >= 0.3 is 5.97 Å². The van der Waals surface area contributed by atoms with E-state index in [1.807, 2.05) is 32.0 Å². The van der Waals surface area contributed by atoms with Crippen molar-refractivity contribution in [2.24, 2.45) is 5.73 Å². The van der Waals surface area contributed by atoms with Gasteiger partial charge in [0.2, 0.25) is 5.91 Å². The Balaban J connectivity index is 2.64. The molecule has 1 aromatic carbocycles. The molecule has 0 spiro atoms. The first-order valence-corrected chi connectivity index (χ1v) is 7.48. The number of rotatable bonds is 5. The molecule has 0 aliphatic heterocycles. The van der Waals surface area contributed by atoms with Gasteiger partial charge in [0.15, 0.2) is 0 Å². The number of carbonyl (C=O) groups excluding carboxylic acids is 2. The van der Waals surface area contributed by atoms with E-state index in [9.17, 15) is 14.4 Å². The minimum absolute atomic E-state index is 0.134. The summed E-state index contributed by atoms with van der Waals surface area (Å²) in [6.07, 6.45) is 0. The highest BCUT2D eigenvalue weighted by molar-refractivity contribution is 5.90. The Morgan fingerprint density at radius 2 is 1.92 bits per heavy atom. The number of carbonyl (C=O) groups is 2. The van der Waals surface area contributed by atoms with Gasteiger partial charge in [-0.1, -0.05) is 12.1 Å². The van der Waals surface area contributed by atoms with Crippen molar-refractivity contribution in [2.75, 3.05) is 6.61 Å². The molecule has 1 aromatic heterocycles. The second-order valence-corrected chi connectivity index (χ2v) is 5.39. The van der Waals surface area contributed by atoms with Crippen LogP contribution in [0.1, 0.15) is 28.4 Å². The van der Waals surface area contributed by atoms with Gasteiger partial charge in [0.1, 0.15) is 12.1 Å². The van der Waals surface area contributed by atoms with Gasteiger partial charge in [-0.25, -0.2) is 9.48 Å². The molecule has 24 heavy (non-hydrogen) atoms. The SMILES string of the molecule is CCOC(=O)c1cc(-c2ccc(C)c(C)c2)nn(CC(N)=O)c1=O. The largest absolute Gasteiger partial charge is 0.462 e. The molecule has 7 heteroatoms. The van der Waals surface area contributed by atoms with Crippen molar-refractivity contribution >= 4 is 11.9 Å². The van der Waals surface area contributed by atoms with Crippen LogP contribution in [0.4, 0.5) is 0 Å². The van der Waals surface area contributed by atoms with E-state index in [4.69, 9.17) is 10.5 Å². The second-order valence-electron chi connectivity index (χ2n) is 5.39. The fraction of sp³-hybridized carbons (Fsp3) is 0.294. The van der Waals surface area contributed by atoms with E-state index in [1.54, 1.807) is 6.92 Å². The molecule has 0 fully saturated rings. The van der Waals surface area contributed by atoms with Crippen molar-refractivity contribution in [1.82, 2.24) is 9.78 Å². The highest BCUT2D eigenvalue weighted by Crippen LogP contribution is 2.20. The molecule has 0 atom stereocenters. The number of benzene rings is 1. The number of ether oxygens (including phenoxy) is 1. The minimum Gasteiger partial charge on any atom is -0.462 e. The number of aromatic nitrogens is 2.